The molecule has 1 aliphatic heterocycles. The molecule has 0 bridgehead atoms. The highest BCUT2D eigenvalue weighted by Gasteiger charge is 2.44. The Morgan fingerprint density at radius 2 is 1.06 bits per heavy atom. The molecular formula is C45H85NO8. The summed E-state index contributed by atoms with van der Waals surface area (Å²) in [7, 11) is 0. The van der Waals surface area contributed by atoms with Crippen molar-refractivity contribution in [2.75, 3.05) is 13.2 Å². The first kappa shape index (κ1) is 50.7. The molecule has 318 valence electrons. The van der Waals surface area contributed by atoms with Crippen LogP contribution in [0.1, 0.15) is 200 Å². The van der Waals surface area contributed by atoms with Crippen LogP contribution in [0.15, 0.2) is 24.3 Å². The van der Waals surface area contributed by atoms with E-state index in [1.807, 2.05) is 6.08 Å². The van der Waals surface area contributed by atoms with Gasteiger partial charge in [-0.05, 0) is 38.5 Å². The molecule has 9 nitrogen and oxygen atoms in total. The maximum atomic E-state index is 12.9. The molecule has 0 aromatic rings. The lowest BCUT2D eigenvalue weighted by Gasteiger charge is -2.40. The van der Waals surface area contributed by atoms with Crippen molar-refractivity contribution in [3.05, 3.63) is 24.3 Å². The van der Waals surface area contributed by atoms with E-state index >= 15 is 0 Å². The molecule has 1 rings (SSSR count). The average Bonchev–Trinajstić information content (AvgIpc) is 3.17. The molecule has 54 heavy (non-hydrogen) atoms. The quantitative estimate of drug-likeness (QED) is 0.0271. The van der Waals surface area contributed by atoms with Gasteiger partial charge in [0.2, 0.25) is 5.91 Å². The van der Waals surface area contributed by atoms with Gasteiger partial charge in [0.25, 0.3) is 0 Å². The number of carbonyl (C=O) groups excluding carboxylic acids is 1. The first-order valence-electron chi connectivity index (χ1n) is 22.6. The van der Waals surface area contributed by atoms with Gasteiger partial charge in [-0.3, -0.25) is 4.79 Å². The molecule has 0 aliphatic carbocycles. The summed E-state index contributed by atoms with van der Waals surface area (Å²) in [6, 6.07) is -0.806. The number of rotatable bonds is 37. The second-order valence-corrected chi connectivity index (χ2v) is 15.8. The molecular weight excluding hydrogens is 682 g/mol. The Labute approximate surface area is 330 Å². The lowest BCUT2D eigenvalue weighted by Crippen LogP contribution is -2.60. The van der Waals surface area contributed by atoms with E-state index < -0.39 is 49.5 Å². The topological polar surface area (TPSA) is 149 Å². The minimum Gasteiger partial charge on any atom is -0.394 e. The van der Waals surface area contributed by atoms with Crippen LogP contribution in [0, 0.1) is 0 Å². The summed E-state index contributed by atoms with van der Waals surface area (Å²) in [5, 5.41) is 54.1. The smallest absolute Gasteiger partial charge is 0.220 e. The van der Waals surface area contributed by atoms with Crippen molar-refractivity contribution >= 4 is 5.91 Å². The number of amides is 1. The standard InChI is InChI=1S/C45H85NO8/c1-3-5-7-9-11-13-15-16-17-18-19-20-21-22-23-24-25-26-28-30-32-34-39(48)38(37-53-45-44(52)43(51)42(50)40(36-47)54-45)46-41(49)35-33-31-29-27-14-12-10-8-6-4-2/h10,12,32,34,38-40,42-45,47-48,50-52H,3-9,11,13-31,33,35-37H2,1-2H3,(H,46,49)/b12-10-,34-32+. The molecule has 0 aromatic carbocycles. The highest BCUT2D eigenvalue weighted by atomic mass is 16.7. The summed E-state index contributed by atoms with van der Waals surface area (Å²) in [5.41, 5.74) is 0. The zero-order valence-corrected chi connectivity index (χ0v) is 34.7. The Morgan fingerprint density at radius 1 is 0.611 bits per heavy atom. The van der Waals surface area contributed by atoms with Crippen LogP contribution in [0.4, 0.5) is 0 Å². The Morgan fingerprint density at radius 3 is 1.56 bits per heavy atom. The fourth-order valence-corrected chi connectivity index (χ4v) is 7.08. The molecule has 1 heterocycles. The predicted octanol–water partition coefficient (Wildman–Crippen LogP) is 9.11. The number of ether oxygens (including phenoxy) is 2. The largest absolute Gasteiger partial charge is 0.394 e. The van der Waals surface area contributed by atoms with Gasteiger partial charge in [0.15, 0.2) is 6.29 Å². The molecule has 7 atom stereocenters. The molecule has 9 heteroatoms. The molecule has 0 spiro atoms. The van der Waals surface area contributed by atoms with Crippen LogP contribution in [0.25, 0.3) is 0 Å². The van der Waals surface area contributed by atoms with Crippen molar-refractivity contribution in [2.45, 2.75) is 243 Å². The maximum Gasteiger partial charge on any atom is 0.220 e. The van der Waals surface area contributed by atoms with Crippen molar-refractivity contribution in [2.24, 2.45) is 0 Å². The minimum absolute atomic E-state index is 0.191. The van der Waals surface area contributed by atoms with Gasteiger partial charge in [-0.15, -0.1) is 0 Å². The lowest BCUT2D eigenvalue weighted by atomic mass is 9.99. The Balaban J connectivity index is 2.32. The first-order valence-corrected chi connectivity index (χ1v) is 22.6. The molecule has 7 unspecified atom stereocenters. The van der Waals surface area contributed by atoms with Gasteiger partial charge >= 0.3 is 0 Å². The molecule has 1 amide bonds. The van der Waals surface area contributed by atoms with Crippen LogP contribution >= 0.6 is 0 Å². The molecule has 1 saturated heterocycles. The fraction of sp³-hybridized carbons (Fsp3) is 0.889. The van der Waals surface area contributed by atoms with Crippen molar-refractivity contribution in [1.29, 1.82) is 0 Å². The van der Waals surface area contributed by atoms with Crippen LogP contribution in [0.2, 0.25) is 0 Å². The number of hydrogen-bond donors (Lipinski definition) is 6. The van der Waals surface area contributed by atoms with Gasteiger partial charge < -0.3 is 40.3 Å². The number of allylic oxidation sites excluding steroid dienone is 3. The van der Waals surface area contributed by atoms with Crippen molar-refractivity contribution in [3.63, 3.8) is 0 Å². The first-order chi connectivity index (χ1) is 26.3. The number of unbranched alkanes of at least 4 members (excludes halogenated alkanes) is 25. The van der Waals surface area contributed by atoms with Crippen LogP contribution in [-0.4, -0.2) is 87.5 Å². The number of aliphatic hydroxyl groups is 5. The second-order valence-electron chi connectivity index (χ2n) is 15.8. The third-order valence-corrected chi connectivity index (χ3v) is 10.8. The summed E-state index contributed by atoms with van der Waals surface area (Å²) >= 11 is 0. The van der Waals surface area contributed by atoms with Crippen molar-refractivity contribution in [1.82, 2.24) is 5.32 Å². The lowest BCUT2D eigenvalue weighted by molar-refractivity contribution is -0.302. The predicted molar refractivity (Wildman–Crippen MR) is 221 cm³/mol. The van der Waals surface area contributed by atoms with E-state index in [9.17, 15) is 30.3 Å². The number of carbonyl (C=O) groups is 1. The molecule has 1 fully saturated rings. The Kier molecular flexibility index (Phi) is 33.8. The summed E-state index contributed by atoms with van der Waals surface area (Å²) in [5.74, 6) is -0.192. The highest BCUT2D eigenvalue weighted by molar-refractivity contribution is 5.76. The van der Waals surface area contributed by atoms with Gasteiger partial charge in [-0.25, -0.2) is 0 Å². The van der Waals surface area contributed by atoms with E-state index in [1.165, 1.54) is 122 Å². The van der Waals surface area contributed by atoms with E-state index in [0.29, 0.717) is 6.42 Å². The van der Waals surface area contributed by atoms with Crippen molar-refractivity contribution < 1.29 is 39.8 Å². The molecule has 6 N–H and O–H groups in total. The number of hydrogen-bond acceptors (Lipinski definition) is 8. The molecule has 1 aliphatic rings. The van der Waals surface area contributed by atoms with E-state index in [4.69, 9.17) is 9.47 Å². The van der Waals surface area contributed by atoms with Gasteiger partial charge in [-0.1, -0.05) is 179 Å². The summed E-state index contributed by atoms with van der Waals surface area (Å²) in [6.07, 6.45) is 35.2. The van der Waals surface area contributed by atoms with Gasteiger partial charge in [0.05, 0.1) is 25.4 Å². The Bertz CT molecular complexity index is 899. The molecule has 0 aromatic heterocycles. The summed E-state index contributed by atoms with van der Waals surface area (Å²) in [6.45, 7) is 3.72. The summed E-state index contributed by atoms with van der Waals surface area (Å²) in [4.78, 5) is 12.9. The van der Waals surface area contributed by atoms with E-state index in [2.05, 4.69) is 31.3 Å². The van der Waals surface area contributed by atoms with Gasteiger partial charge in [-0.2, -0.15) is 0 Å². The SMILES string of the molecule is CCCC/C=C\CCCCCCC(=O)NC(COC1OC(CO)C(O)C(O)C1O)C(O)/C=C/CCCCCCCCCCCCCCCCCCCCC. The minimum atomic E-state index is -1.56. The maximum absolute atomic E-state index is 12.9. The monoisotopic (exact) mass is 768 g/mol. The van der Waals surface area contributed by atoms with Crippen LogP contribution in [0.5, 0.6) is 0 Å². The normalized spacial score (nSPS) is 21.6. The van der Waals surface area contributed by atoms with Crippen molar-refractivity contribution in [3.8, 4) is 0 Å². The molecule has 0 radical (unpaired) electrons. The van der Waals surface area contributed by atoms with E-state index in [1.54, 1.807) is 6.08 Å². The van der Waals surface area contributed by atoms with Gasteiger partial charge in [0.1, 0.15) is 24.4 Å². The highest BCUT2D eigenvalue weighted by Crippen LogP contribution is 2.22. The van der Waals surface area contributed by atoms with Crippen LogP contribution < -0.4 is 5.32 Å². The second kappa shape index (κ2) is 36.0. The fourth-order valence-electron chi connectivity index (χ4n) is 7.08. The zero-order valence-electron chi connectivity index (χ0n) is 34.7. The third-order valence-electron chi connectivity index (χ3n) is 10.8. The zero-order chi connectivity index (χ0) is 39.5. The summed E-state index contributed by atoms with van der Waals surface area (Å²) < 4.78 is 11.2. The average molecular weight is 768 g/mol. The van der Waals surface area contributed by atoms with E-state index in [-0.39, 0.29) is 12.5 Å². The van der Waals surface area contributed by atoms with Gasteiger partial charge in [0, 0.05) is 6.42 Å². The number of nitrogens with one attached hydrogen (secondary N) is 1. The van der Waals surface area contributed by atoms with Crippen LogP contribution in [0.3, 0.4) is 0 Å². The number of aliphatic hydroxyl groups excluding tert-OH is 5. The Hall–Kier alpha value is -1.33. The third kappa shape index (κ3) is 26.5. The van der Waals surface area contributed by atoms with E-state index in [0.717, 1.165) is 57.8 Å². The molecule has 0 saturated carbocycles. The van der Waals surface area contributed by atoms with Crippen LogP contribution in [-0.2, 0) is 14.3 Å².